The van der Waals surface area contributed by atoms with Crippen LogP contribution < -0.4 is 20.3 Å². The van der Waals surface area contributed by atoms with Gasteiger partial charge in [0, 0.05) is 32.0 Å². The van der Waals surface area contributed by atoms with Crippen molar-refractivity contribution in [3.8, 4) is 5.75 Å². The predicted octanol–water partition coefficient (Wildman–Crippen LogP) is 2.44. The highest BCUT2D eigenvalue weighted by atomic mass is 19.4. The van der Waals surface area contributed by atoms with Crippen LogP contribution in [0.4, 0.5) is 24.5 Å². The van der Waals surface area contributed by atoms with E-state index in [1.54, 1.807) is 24.3 Å². The van der Waals surface area contributed by atoms with Crippen molar-refractivity contribution >= 4 is 23.2 Å². The first-order valence-corrected chi connectivity index (χ1v) is 8.45. The molecule has 0 radical (unpaired) electrons. The van der Waals surface area contributed by atoms with Crippen molar-refractivity contribution in [2.45, 2.75) is 12.5 Å². The average Bonchev–Trinajstić information content (AvgIpc) is 2.66. The van der Waals surface area contributed by atoms with Crippen LogP contribution in [-0.4, -0.2) is 43.9 Å². The monoisotopic (exact) mass is 411 g/mol. The fourth-order valence-electron chi connectivity index (χ4n) is 2.31. The van der Waals surface area contributed by atoms with Crippen LogP contribution in [0.5, 0.6) is 5.75 Å². The number of nitrogens with one attached hydrogen (secondary N) is 2. The molecule has 29 heavy (non-hydrogen) atoms. The molecule has 1 unspecified atom stereocenters. The number of aliphatic hydroxyl groups is 1. The van der Waals surface area contributed by atoms with Crippen LogP contribution in [0, 0.1) is 0 Å². The lowest BCUT2D eigenvalue weighted by Gasteiger charge is -2.15. The number of ether oxygens (including phenoxy) is 1. The topological polar surface area (TPSA) is 90.9 Å². The fourth-order valence-corrected chi connectivity index (χ4v) is 2.31. The van der Waals surface area contributed by atoms with Crippen molar-refractivity contribution in [1.82, 2.24) is 5.32 Å². The van der Waals surface area contributed by atoms with Gasteiger partial charge in [0.05, 0.1) is 6.10 Å². The molecule has 2 aromatic carbocycles. The molecule has 7 nitrogen and oxygen atoms in total. The Labute approximate surface area is 165 Å². The first kappa shape index (κ1) is 22.0. The molecule has 0 heterocycles. The summed E-state index contributed by atoms with van der Waals surface area (Å²) in [6.45, 7) is -0.189. The van der Waals surface area contributed by atoms with Gasteiger partial charge in [0.15, 0.2) is 0 Å². The summed E-state index contributed by atoms with van der Waals surface area (Å²) in [5.41, 5.74) is 1.62. The zero-order valence-electron chi connectivity index (χ0n) is 15.7. The lowest BCUT2D eigenvalue weighted by Crippen LogP contribution is -2.37. The number of carbonyl (C=O) groups is 2. The number of aliphatic hydroxyl groups excluding tert-OH is 1. The summed E-state index contributed by atoms with van der Waals surface area (Å²) in [5, 5.41) is 14.7. The molecular weight excluding hydrogens is 391 g/mol. The van der Waals surface area contributed by atoms with Crippen LogP contribution in [0.1, 0.15) is 11.7 Å². The van der Waals surface area contributed by atoms with Gasteiger partial charge in [-0.2, -0.15) is 0 Å². The maximum atomic E-state index is 12.1. The van der Waals surface area contributed by atoms with E-state index in [-0.39, 0.29) is 12.2 Å². The lowest BCUT2D eigenvalue weighted by molar-refractivity contribution is -0.274. The van der Waals surface area contributed by atoms with E-state index in [0.717, 1.165) is 30.0 Å². The number of carbonyl (C=O) groups excluding carboxylic acids is 2. The summed E-state index contributed by atoms with van der Waals surface area (Å²) in [4.78, 5) is 25.6. The Balaban J connectivity index is 1.84. The molecule has 2 amide bonds. The minimum absolute atomic E-state index is 0.111. The van der Waals surface area contributed by atoms with Crippen LogP contribution in [0.2, 0.25) is 0 Å². The second-order valence-corrected chi connectivity index (χ2v) is 6.24. The van der Waals surface area contributed by atoms with Gasteiger partial charge in [0.1, 0.15) is 5.75 Å². The van der Waals surface area contributed by atoms with Gasteiger partial charge in [0.25, 0.3) is 0 Å². The van der Waals surface area contributed by atoms with E-state index in [1.807, 2.05) is 19.0 Å². The summed E-state index contributed by atoms with van der Waals surface area (Å²) >= 11 is 0. The Bertz CT molecular complexity index is 837. The van der Waals surface area contributed by atoms with Gasteiger partial charge in [-0.05, 0) is 42.0 Å². The number of alkyl halides is 3. The molecular formula is C19H20F3N3O4. The molecule has 0 saturated carbocycles. The van der Waals surface area contributed by atoms with Crippen molar-refractivity contribution in [2.75, 3.05) is 30.9 Å². The van der Waals surface area contributed by atoms with Gasteiger partial charge < -0.3 is 25.4 Å². The molecule has 3 N–H and O–H groups in total. The Morgan fingerprint density at radius 2 is 1.62 bits per heavy atom. The Morgan fingerprint density at radius 3 is 2.14 bits per heavy atom. The first-order chi connectivity index (χ1) is 13.5. The quantitative estimate of drug-likeness (QED) is 0.636. The van der Waals surface area contributed by atoms with E-state index in [2.05, 4.69) is 15.4 Å². The van der Waals surface area contributed by atoms with E-state index in [9.17, 15) is 27.9 Å². The maximum absolute atomic E-state index is 12.1. The van der Waals surface area contributed by atoms with E-state index in [4.69, 9.17) is 0 Å². The molecule has 1 atom stereocenters. The molecule has 0 aliphatic rings. The number of hydrogen-bond acceptors (Lipinski definition) is 5. The van der Waals surface area contributed by atoms with Gasteiger partial charge in [-0.15, -0.1) is 13.2 Å². The van der Waals surface area contributed by atoms with E-state index in [1.165, 1.54) is 0 Å². The number of amides is 2. The Hall–Kier alpha value is -3.27. The zero-order valence-corrected chi connectivity index (χ0v) is 15.7. The third kappa shape index (κ3) is 7.00. The number of anilines is 2. The number of benzene rings is 2. The molecule has 0 spiro atoms. The molecule has 0 aliphatic heterocycles. The molecule has 0 saturated heterocycles. The third-order valence-corrected chi connectivity index (χ3v) is 3.80. The second kappa shape index (κ2) is 9.28. The summed E-state index contributed by atoms with van der Waals surface area (Å²) in [5.74, 6) is -2.47. The third-order valence-electron chi connectivity index (χ3n) is 3.80. The summed E-state index contributed by atoms with van der Waals surface area (Å²) in [6, 6.07) is 11.3. The van der Waals surface area contributed by atoms with Gasteiger partial charge in [0.2, 0.25) is 0 Å². The molecule has 0 aromatic heterocycles. The number of rotatable bonds is 6. The standard InChI is InChI=1S/C19H20F3N3O4/c1-25(2)14-7-3-12(4-8-14)16(26)11-23-17(27)18(28)24-13-5-9-15(10-6-13)29-19(20,21)22/h3-10,16,26H,11H2,1-2H3,(H,23,27)(H,24,28). The minimum atomic E-state index is -4.82. The van der Waals surface area contributed by atoms with Crippen LogP contribution in [0.25, 0.3) is 0 Å². The van der Waals surface area contributed by atoms with E-state index < -0.39 is 30.0 Å². The van der Waals surface area contributed by atoms with E-state index >= 15 is 0 Å². The van der Waals surface area contributed by atoms with Crippen molar-refractivity contribution in [2.24, 2.45) is 0 Å². The fraction of sp³-hybridized carbons (Fsp3) is 0.263. The zero-order chi connectivity index (χ0) is 21.6. The highest BCUT2D eigenvalue weighted by Gasteiger charge is 2.31. The number of halogens is 3. The summed E-state index contributed by atoms with van der Waals surface area (Å²) in [7, 11) is 3.75. The predicted molar refractivity (Wildman–Crippen MR) is 100 cm³/mol. The average molecular weight is 411 g/mol. The Kier molecular flexibility index (Phi) is 7.05. The SMILES string of the molecule is CN(C)c1ccc(C(O)CNC(=O)C(=O)Nc2ccc(OC(F)(F)F)cc2)cc1. The van der Waals surface area contributed by atoms with Crippen molar-refractivity contribution in [3.63, 3.8) is 0 Å². The molecule has 2 rings (SSSR count). The maximum Gasteiger partial charge on any atom is 0.573 e. The van der Waals surface area contributed by atoms with Crippen LogP contribution in [0.3, 0.4) is 0 Å². The van der Waals surface area contributed by atoms with Crippen LogP contribution >= 0.6 is 0 Å². The van der Waals surface area contributed by atoms with Crippen LogP contribution in [-0.2, 0) is 9.59 Å². The Morgan fingerprint density at radius 1 is 1.03 bits per heavy atom. The second-order valence-electron chi connectivity index (χ2n) is 6.24. The molecule has 2 aromatic rings. The highest BCUT2D eigenvalue weighted by Crippen LogP contribution is 2.24. The van der Waals surface area contributed by atoms with Gasteiger partial charge in [-0.3, -0.25) is 9.59 Å². The van der Waals surface area contributed by atoms with E-state index in [0.29, 0.717) is 5.56 Å². The van der Waals surface area contributed by atoms with Gasteiger partial charge >= 0.3 is 18.2 Å². The van der Waals surface area contributed by atoms with Crippen molar-refractivity contribution < 1.29 is 32.6 Å². The normalized spacial score (nSPS) is 12.1. The summed E-state index contributed by atoms with van der Waals surface area (Å²) in [6.07, 6.45) is -5.83. The summed E-state index contributed by atoms with van der Waals surface area (Å²) < 4.78 is 40.1. The highest BCUT2D eigenvalue weighted by molar-refractivity contribution is 6.39. The minimum Gasteiger partial charge on any atom is -0.406 e. The molecule has 0 fully saturated rings. The lowest BCUT2D eigenvalue weighted by atomic mass is 10.1. The van der Waals surface area contributed by atoms with Gasteiger partial charge in [-0.1, -0.05) is 12.1 Å². The molecule has 156 valence electrons. The van der Waals surface area contributed by atoms with Crippen LogP contribution in [0.15, 0.2) is 48.5 Å². The van der Waals surface area contributed by atoms with Crippen molar-refractivity contribution in [3.05, 3.63) is 54.1 Å². The smallest absolute Gasteiger partial charge is 0.406 e. The number of nitrogens with zero attached hydrogens (tertiary/aromatic N) is 1. The van der Waals surface area contributed by atoms with Gasteiger partial charge in [-0.25, -0.2) is 0 Å². The molecule has 10 heteroatoms. The molecule has 0 bridgehead atoms. The number of hydrogen-bond donors (Lipinski definition) is 3. The molecule has 0 aliphatic carbocycles. The van der Waals surface area contributed by atoms with Crippen molar-refractivity contribution in [1.29, 1.82) is 0 Å². The largest absolute Gasteiger partial charge is 0.573 e. The first-order valence-electron chi connectivity index (χ1n) is 8.45.